The molecule has 1 N–H and O–H groups in total. The Hall–Kier alpha value is -3.17. The van der Waals surface area contributed by atoms with Crippen LogP contribution in [0.3, 0.4) is 0 Å². The highest BCUT2D eigenvalue weighted by molar-refractivity contribution is 5.79. The van der Waals surface area contributed by atoms with E-state index in [-0.39, 0.29) is 5.91 Å². The van der Waals surface area contributed by atoms with Gasteiger partial charge in [0.05, 0.1) is 32.5 Å². The van der Waals surface area contributed by atoms with E-state index < -0.39 is 0 Å². The number of morpholine rings is 1. The SMILES string of the molecule is O=C(CN1CCOCC1)N1CCNc2ccn3ncc(c3n2)-c2cccc(c2)OCC1. The number of carbonyl (C=O) groups excluding carboxylic acids is 1. The van der Waals surface area contributed by atoms with Crippen molar-refractivity contribution in [3.63, 3.8) is 0 Å². The van der Waals surface area contributed by atoms with Crippen LogP contribution in [0.1, 0.15) is 0 Å². The van der Waals surface area contributed by atoms with Gasteiger partial charge >= 0.3 is 0 Å². The molecule has 1 amide bonds. The second-order valence-corrected chi connectivity index (χ2v) is 7.71. The van der Waals surface area contributed by atoms with Gasteiger partial charge in [0.1, 0.15) is 18.2 Å². The van der Waals surface area contributed by atoms with Crippen LogP contribution in [0.5, 0.6) is 5.75 Å². The summed E-state index contributed by atoms with van der Waals surface area (Å²) >= 11 is 0. The summed E-state index contributed by atoms with van der Waals surface area (Å²) in [6, 6.07) is 9.81. The Morgan fingerprint density at radius 1 is 1.10 bits per heavy atom. The summed E-state index contributed by atoms with van der Waals surface area (Å²) < 4.78 is 13.1. The molecule has 162 valence electrons. The van der Waals surface area contributed by atoms with E-state index in [2.05, 4.69) is 15.3 Å². The van der Waals surface area contributed by atoms with Gasteiger partial charge in [-0.1, -0.05) is 12.1 Å². The van der Waals surface area contributed by atoms with Crippen LogP contribution < -0.4 is 10.1 Å². The molecule has 0 radical (unpaired) electrons. The number of ether oxygens (including phenoxy) is 2. The van der Waals surface area contributed by atoms with Crippen LogP contribution in [0.2, 0.25) is 0 Å². The van der Waals surface area contributed by atoms with Gasteiger partial charge in [-0.3, -0.25) is 9.69 Å². The number of nitrogens with one attached hydrogen (secondary N) is 1. The van der Waals surface area contributed by atoms with Crippen molar-refractivity contribution >= 4 is 17.4 Å². The highest BCUT2D eigenvalue weighted by atomic mass is 16.5. The molecule has 0 saturated carbocycles. The third-order valence-electron chi connectivity index (χ3n) is 5.65. The lowest BCUT2D eigenvalue weighted by Crippen LogP contribution is -2.47. The maximum Gasteiger partial charge on any atom is 0.236 e. The predicted octanol–water partition coefficient (Wildman–Crippen LogP) is 1.36. The van der Waals surface area contributed by atoms with Gasteiger partial charge in [0.2, 0.25) is 5.91 Å². The molecule has 0 spiro atoms. The standard InChI is InChI=1S/C22H26N6O3/c29-21(16-26-8-11-30-12-9-26)27-7-5-23-20-4-6-28-22(25-20)19(15-24-28)17-2-1-3-18(14-17)31-13-10-27/h1-4,6,14-15H,5,7-13,16H2,(H,23,25). The van der Waals surface area contributed by atoms with E-state index >= 15 is 0 Å². The molecule has 2 aliphatic heterocycles. The molecular weight excluding hydrogens is 396 g/mol. The van der Waals surface area contributed by atoms with Crippen LogP contribution in [-0.4, -0.2) is 89.4 Å². The van der Waals surface area contributed by atoms with E-state index in [4.69, 9.17) is 14.5 Å². The minimum Gasteiger partial charge on any atom is -0.492 e. The summed E-state index contributed by atoms with van der Waals surface area (Å²) in [5.41, 5.74) is 2.72. The number of hydrogen-bond acceptors (Lipinski definition) is 7. The first-order chi connectivity index (χ1) is 15.3. The number of carbonyl (C=O) groups is 1. The fourth-order valence-corrected chi connectivity index (χ4v) is 3.93. The number of benzene rings is 1. The second-order valence-electron chi connectivity index (χ2n) is 7.71. The van der Waals surface area contributed by atoms with Crippen LogP contribution in [0.25, 0.3) is 16.8 Å². The van der Waals surface area contributed by atoms with E-state index in [1.807, 2.05) is 47.6 Å². The zero-order valence-electron chi connectivity index (χ0n) is 17.4. The lowest BCUT2D eigenvalue weighted by Gasteiger charge is -2.29. The number of aromatic nitrogens is 3. The summed E-state index contributed by atoms with van der Waals surface area (Å²) in [5, 5.41) is 7.76. The van der Waals surface area contributed by atoms with Crippen LogP contribution >= 0.6 is 0 Å². The van der Waals surface area contributed by atoms with Crippen molar-refractivity contribution in [1.82, 2.24) is 24.4 Å². The molecular formula is C22H26N6O3. The van der Waals surface area contributed by atoms with E-state index in [1.165, 1.54) is 0 Å². The van der Waals surface area contributed by atoms with Gasteiger partial charge < -0.3 is 19.7 Å². The minimum absolute atomic E-state index is 0.106. The number of nitrogens with zero attached hydrogens (tertiary/aromatic N) is 5. The topological polar surface area (TPSA) is 84.2 Å². The Morgan fingerprint density at radius 2 is 2.00 bits per heavy atom. The molecule has 31 heavy (non-hydrogen) atoms. The van der Waals surface area contributed by atoms with E-state index in [9.17, 15) is 4.79 Å². The highest BCUT2D eigenvalue weighted by Crippen LogP contribution is 2.27. The lowest BCUT2D eigenvalue weighted by atomic mass is 10.1. The third kappa shape index (κ3) is 4.47. The van der Waals surface area contributed by atoms with Crippen molar-refractivity contribution < 1.29 is 14.3 Å². The Labute approximate surface area is 180 Å². The minimum atomic E-state index is 0.106. The molecule has 4 heterocycles. The largest absolute Gasteiger partial charge is 0.492 e. The fourth-order valence-electron chi connectivity index (χ4n) is 3.93. The molecule has 0 unspecified atom stereocenters. The second kappa shape index (κ2) is 8.91. The predicted molar refractivity (Wildman–Crippen MR) is 116 cm³/mol. The van der Waals surface area contributed by atoms with Crippen LogP contribution in [-0.2, 0) is 9.53 Å². The third-order valence-corrected chi connectivity index (χ3v) is 5.65. The van der Waals surface area contributed by atoms with Crippen molar-refractivity contribution in [2.24, 2.45) is 0 Å². The average molecular weight is 422 g/mol. The number of amides is 1. The Balaban J connectivity index is 1.38. The Bertz CT molecular complexity index is 1060. The molecule has 9 heteroatoms. The van der Waals surface area contributed by atoms with Gasteiger partial charge in [-0.2, -0.15) is 5.10 Å². The molecule has 2 aromatic heterocycles. The van der Waals surface area contributed by atoms with E-state index in [0.717, 1.165) is 41.4 Å². The first kappa shape index (κ1) is 19.8. The van der Waals surface area contributed by atoms with Crippen LogP contribution in [0.15, 0.2) is 42.7 Å². The fraction of sp³-hybridized carbons (Fsp3) is 0.409. The molecule has 0 aliphatic carbocycles. The van der Waals surface area contributed by atoms with Crippen molar-refractivity contribution in [3.8, 4) is 16.9 Å². The maximum atomic E-state index is 13.0. The smallest absolute Gasteiger partial charge is 0.236 e. The number of rotatable bonds is 2. The number of hydrogen-bond donors (Lipinski definition) is 1. The van der Waals surface area contributed by atoms with Gasteiger partial charge in [-0.25, -0.2) is 9.50 Å². The zero-order valence-corrected chi connectivity index (χ0v) is 17.4. The quantitative estimate of drug-likeness (QED) is 0.668. The van der Waals surface area contributed by atoms with Gasteiger partial charge in [0.25, 0.3) is 0 Å². The molecule has 1 fully saturated rings. The monoisotopic (exact) mass is 422 g/mol. The molecule has 4 bridgehead atoms. The summed E-state index contributed by atoms with van der Waals surface area (Å²) in [4.78, 5) is 21.7. The molecule has 1 aromatic carbocycles. The number of anilines is 1. The molecule has 3 aromatic rings. The van der Waals surface area contributed by atoms with E-state index in [0.29, 0.717) is 46.0 Å². The first-order valence-electron chi connectivity index (χ1n) is 10.7. The maximum absolute atomic E-state index is 13.0. The highest BCUT2D eigenvalue weighted by Gasteiger charge is 2.20. The Morgan fingerprint density at radius 3 is 2.90 bits per heavy atom. The van der Waals surface area contributed by atoms with Crippen molar-refractivity contribution in [2.45, 2.75) is 0 Å². The molecule has 5 rings (SSSR count). The van der Waals surface area contributed by atoms with Crippen LogP contribution in [0, 0.1) is 0 Å². The van der Waals surface area contributed by atoms with Crippen LogP contribution in [0.4, 0.5) is 5.82 Å². The average Bonchev–Trinajstić information content (AvgIpc) is 3.22. The molecule has 9 nitrogen and oxygen atoms in total. The number of fused-ring (bicyclic) bond motifs is 4. The van der Waals surface area contributed by atoms with Gasteiger partial charge in [0.15, 0.2) is 5.65 Å². The lowest BCUT2D eigenvalue weighted by molar-refractivity contribution is -0.133. The normalized spacial score (nSPS) is 17.7. The summed E-state index contributed by atoms with van der Waals surface area (Å²) in [7, 11) is 0. The van der Waals surface area contributed by atoms with Crippen molar-refractivity contribution in [2.75, 3.05) is 64.4 Å². The van der Waals surface area contributed by atoms with Gasteiger partial charge in [-0.15, -0.1) is 0 Å². The molecule has 2 aliphatic rings. The van der Waals surface area contributed by atoms with E-state index in [1.54, 1.807) is 4.52 Å². The zero-order chi connectivity index (χ0) is 21.0. The Kier molecular flexibility index (Phi) is 5.68. The van der Waals surface area contributed by atoms with Gasteiger partial charge in [-0.05, 0) is 23.8 Å². The van der Waals surface area contributed by atoms with Gasteiger partial charge in [0, 0.05) is 37.9 Å². The van der Waals surface area contributed by atoms with Crippen molar-refractivity contribution in [1.29, 1.82) is 0 Å². The molecule has 1 saturated heterocycles. The summed E-state index contributed by atoms with van der Waals surface area (Å²) in [5.74, 6) is 1.64. The summed E-state index contributed by atoms with van der Waals surface area (Å²) in [6.45, 7) is 5.49. The first-order valence-corrected chi connectivity index (χ1v) is 10.7. The summed E-state index contributed by atoms with van der Waals surface area (Å²) in [6.07, 6.45) is 3.71. The molecule has 0 atom stereocenters. The van der Waals surface area contributed by atoms with Crippen molar-refractivity contribution in [3.05, 3.63) is 42.7 Å².